The first kappa shape index (κ1) is 15.0. The quantitative estimate of drug-likeness (QED) is 0.778. The van der Waals surface area contributed by atoms with E-state index in [1.807, 2.05) is 18.2 Å². The van der Waals surface area contributed by atoms with Gasteiger partial charge in [-0.1, -0.05) is 19.9 Å². The first-order chi connectivity index (χ1) is 8.40. The van der Waals surface area contributed by atoms with E-state index in [2.05, 4.69) is 34.5 Å². The molecule has 100 valence electrons. The van der Waals surface area contributed by atoms with Gasteiger partial charge in [-0.05, 0) is 45.5 Å². The summed E-state index contributed by atoms with van der Waals surface area (Å²) in [5, 5.41) is 0. The Labute approximate surface area is 117 Å². The zero-order valence-electron chi connectivity index (χ0n) is 11.2. The topological polar surface area (TPSA) is 35.5 Å². The van der Waals surface area contributed by atoms with Gasteiger partial charge in [0.25, 0.3) is 0 Å². The van der Waals surface area contributed by atoms with Crippen LogP contribution in [0.3, 0.4) is 0 Å². The standard InChI is InChI=1S/C14H19BrO3/c1-14(2,8-7-13(16)18-4)10-5-6-11(15)12(9-10)17-3/h5-6,9H,7-8H2,1-4H3. The van der Waals surface area contributed by atoms with E-state index in [1.165, 1.54) is 7.11 Å². The first-order valence-corrected chi connectivity index (χ1v) is 6.61. The van der Waals surface area contributed by atoms with Crippen molar-refractivity contribution in [2.24, 2.45) is 0 Å². The lowest BCUT2D eigenvalue weighted by Crippen LogP contribution is -2.19. The van der Waals surface area contributed by atoms with Crippen LogP contribution in [-0.2, 0) is 14.9 Å². The van der Waals surface area contributed by atoms with E-state index < -0.39 is 0 Å². The molecule has 0 aliphatic rings. The first-order valence-electron chi connectivity index (χ1n) is 5.81. The van der Waals surface area contributed by atoms with E-state index in [-0.39, 0.29) is 11.4 Å². The summed E-state index contributed by atoms with van der Waals surface area (Å²) < 4.78 is 10.9. The summed E-state index contributed by atoms with van der Waals surface area (Å²) >= 11 is 3.43. The molecule has 3 nitrogen and oxygen atoms in total. The van der Waals surface area contributed by atoms with E-state index in [0.717, 1.165) is 22.2 Å². The number of esters is 1. The van der Waals surface area contributed by atoms with Crippen LogP contribution in [0.5, 0.6) is 5.75 Å². The summed E-state index contributed by atoms with van der Waals surface area (Å²) in [6, 6.07) is 6.01. The minimum atomic E-state index is -0.174. The highest BCUT2D eigenvalue weighted by atomic mass is 79.9. The Morgan fingerprint density at radius 2 is 2.00 bits per heavy atom. The van der Waals surface area contributed by atoms with Gasteiger partial charge in [0.15, 0.2) is 0 Å². The van der Waals surface area contributed by atoms with Crippen molar-refractivity contribution in [3.05, 3.63) is 28.2 Å². The summed E-state index contributed by atoms with van der Waals surface area (Å²) in [7, 11) is 3.06. The van der Waals surface area contributed by atoms with Gasteiger partial charge in [-0.2, -0.15) is 0 Å². The smallest absolute Gasteiger partial charge is 0.305 e. The fourth-order valence-corrected chi connectivity index (χ4v) is 2.15. The number of ether oxygens (including phenoxy) is 2. The average Bonchev–Trinajstić information content (AvgIpc) is 2.36. The normalized spacial score (nSPS) is 11.2. The molecule has 0 aromatic heterocycles. The van der Waals surface area contributed by atoms with Crippen molar-refractivity contribution < 1.29 is 14.3 Å². The summed E-state index contributed by atoms with van der Waals surface area (Å²) in [5.74, 6) is 0.630. The molecular formula is C14H19BrO3. The van der Waals surface area contributed by atoms with E-state index >= 15 is 0 Å². The highest BCUT2D eigenvalue weighted by Crippen LogP contribution is 2.34. The predicted molar refractivity (Wildman–Crippen MR) is 75.0 cm³/mol. The van der Waals surface area contributed by atoms with Gasteiger partial charge < -0.3 is 9.47 Å². The molecule has 0 aliphatic heterocycles. The highest BCUT2D eigenvalue weighted by Gasteiger charge is 2.23. The lowest BCUT2D eigenvalue weighted by molar-refractivity contribution is -0.141. The Morgan fingerprint density at radius 3 is 2.56 bits per heavy atom. The van der Waals surface area contributed by atoms with Gasteiger partial charge in [0, 0.05) is 6.42 Å². The number of carbonyl (C=O) groups is 1. The lowest BCUT2D eigenvalue weighted by atomic mass is 9.80. The Bertz CT molecular complexity index is 427. The minimum Gasteiger partial charge on any atom is -0.496 e. The van der Waals surface area contributed by atoms with Crippen LogP contribution in [0.1, 0.15) is 32.3 Å². The largest absolute Gasteiger partial charge is 0.496 e. The van der Waals surface area contributed by atoms with Crippen molar-refractivity contribution in [3.63, 3.8) is 0 Å². The van der Waals surface area contributed by atoms with E-state index in [0.29, 0.717) is 6.42 Å². The van der Waals surface area contributed by atoms with E-state index in [1.54, 1.807) is 7.11 Å². The highest BCUT2D eigenvalue weighted by molar-refractivity contribution is 9.10. The summed E-state index contributed by atoms with van der Waals surface area (Å²) in [4.78, 5) is 11.2. The van der Waals surface area contributed by atoms with Crippen LogP contribution in [0.2, 0.25) is 0 Å². The molecule has 0 aliphatic carbocycles. The molecule has 1 aromatic carbocycles. The Morgan fingerprint density at radius 1 is 1.33 bits per heavy atom. The van der Waals surface area contributed by atoms with Gasteiger partial charge in [0.2, 0.25) is 0 Å². The van der Waals surface area contributed by atoms with Crippen LogP contribution in [-0.4, -0.2) is 20.2 Å². The fourth-order valence-electron chi connectivity index (χ4n) is 1.74. The van der Waals surface area contributed by atoms with Crippen molar-refractivity contribution in [2.45, 2.75) is 32.1 Å². The second-order valence-electron chi connectivity index (χ2n) is 4.81. The van der Waals surface area contributed by atoms with Gasteiger partial charge >= 0.3 is 5.97 Å². The number of methoxy groups -OCH3 is 2. The van der Waals surface area contributed by atoms with Crippen molar-refractivity contribution >= 4 is 21.9 Å². The summed E-state index contributed by atoms with van der Waals surface area (Å²) in [6.07, 6.45) is 1.16. The molecule has 4 heteroatoms. The minimum absolute atomic E-state index is 0.0951. The van der Waals surface area contributed by atoms with Crippen LogP contribution >= 0.6 is 15.9 Å². The zero-order valence-corrected chi connectivity index (χ0v) is 12.8. The fraction of sp³-hybridized carbons (Fsp3) is 0.500. The van der Waals surface area contributed by atoms with Crippen LogP contribution in [0, 0.1) is 0 Å². The third kappa shape index (κ3) is 3.73. The molecular weight excluding hydrogens is 296 g/mol. The molecule has 0 atom stereocenters. The molecule has 0 fully saturated rings. The predicted octanol–water partition coefficient (Wildman–Crippen LogP) is 3.69. The SMILES string of the molecule is COC(=O)CCC(C)(C)c1ccc(Br)c(OC)c1. The molecule has 0 bridgehead atoms. The van der Waals surface area contributed by atoms with Crippen LogP contribution in [0.4, 0.5) is 0 Å². The third-order valence-corrected chi connectivity index (χ3v) is 3.77. The number of rotatable bonds is 5. The molecule has 18 heavy (non-hydrogen) atoms. The number of halogens is 1. The average molecular weight is 315 g/mol. The molecule has 0 unspecified atom stereocenters. The maximum Gasteiger partial charge on any atom is 0.305 e. The number of hydrogen-bond acceptors (Lipinski definition) is 3. The molecule has 0 N–H and O–H groups in total. The van der Waals surface area contributed by atoms with Crippen LogP contribution in [0.25, 0.3) is 0 Å². The Hall–Kier alpha value is -1.03. The number of hydrogen-bond donors (Lipinski definition) is 0. The monoisotopic (exact) mass is 314 g/mol. The maximum atomic E-state index is 11.2. The Balaban J connectivity index is 2.87. The molecule has 0 spiro atoms. The molecule has 0 heterocycles. The zero-order chi connectivity index (χ0) is 13.8. The lowest BCUT2D eigenvalue weighted by Gasteiger charge is -2.25. The third-order valence-electron chi connectivity index (χ3n) is 3.11. The van der Waals surface area contributed by atoms with Crippen LogP contribution in [0.15, 0.2) is 22.7 Å². The summed E-state index contributed by atoms with van der Waals surface area (Å²) in [5.41, 5.74) is 1.05. The Kier molecular flexibility index (Phi) is 5.20. The van der Waals surface area contributed by atoms with Crippen molar-refractivity contribution in [2.75, 3.05) is 14.2 Å². The van der Waals surface area contributed by atoms with Gasteiger partial charge in [-0.25, -0.2) is 0 Å². The number of carbonyl (C=O) groups excluding carboxylic acids is 1. The van der Waals surface area contributed by atoms with Crippen molar-refractivity contribution in [1.82, 2.24) is 0 Å². The van der Waals surface area contributed by atoms with Gasteiger partial charge in [-0.15, -0.1) is 0 Å². The molecule has 0 radical (unpaired) electrons. The van der Waals surface area contributed by atoms with Gasteiger partial charge in [0.05, 0.1) is 18.7 Å². The second-order valence-corrected chi connectivity index (χ2v) is 5.66. The van der Waals surface area contributed by atoms with Crippen molar-refractivity contribution in [1.29, 1.82) is 0 Å². The van der Waals surface area contributed by atoms with Gasteiger partial charge in [0.1, 0.15) is 5.75 Å². The molecule has 0 saturated carbocycles. The molecule has 0 amide bonds. The molecule has 1 rings (SSSR count). The maximum absolute atomic E-state index is 11.2. The molecule has 1 aromatic rings. The van der Waals surface area contributed by atoms with Gasteiger partial charge in [-0.3, -0.25) is 4.79 Å². The van der Waals surface area contributed by atoms with E-state index in [9.17, 15) is 4.79 Å². The molecule has 0 saturated heterocycles. The van der Waals surface area contributed by atoms with Crippen LogP contribution < -0.4 is 4.74 Å². The summed E-state index contributed by atoms with van der Waals surface area (Å²) in [6.45, 7) is 4.22. The van der Waals surface area contributed by atoms with E-state index in [4.69, 9.17) is 4.74 Å². The number of benzene rings is 1. The second kappa shape index (κ2) is 6.23. The van der Waals surface area contributed by atoms with Crippen molar-refractivity contribution in [3.8, 4) is 5.75 Å².